The number of aliphatic hydroxyl groups is 1. The number of aromatic amines is 1. The van der Waals surface area contributed by atoms with Crippen LogP contribution in [0.5, 0.6) is 0 Å². The molecule has 2 aromatic heterocycles. The number of nitrogens with zero attached hydrogens (tertiary/aromatic N) is 5. The van der Waals surface area contributed by atoms with Crippen LogP contribution in [0.3, 0.4) is 0 Å². The van der Waals surface area contributed by atoms with E-state index in [0.717, 1.165) is 25.0 Å². The van der Waals surface area contributed by atoms with Crippen LogP contribution in [0.15, 0.2) is 6.07 Å². The molecule has 2 aliphatic rings. The molecular weight excluding hydrogens is 361 g/mol. The Morgan fingerprint density at radius 3 is 2.82 bits per heavy atom. The first-order valence-corrected chi connectivity index (χ1v) is 9.95. The van der Waals surface area contributed by atoms with Crippen LogP contribution in [0.4, 0.5) is 22.0 Å². The Morgan fingerprint density at radius 1 is 1.39 bits per heavy atom. The van der Waals surface area contributed by atoms with E-state index >= 15 is 0 Å². The Balaban J connectivity index is 1.60. The normalized spacial score (nSPS) is 24.5. The van der Waals surface area contributed by atoms with Crippen LogP contribution >= 0.6 is 0 Å². The SMILES string of the molecule is CCC1CC(N(C)c2nc(CO)c(F)c(Nc3cc(C)[nH]n3)n2)CC2CCN12. The largest absolute Gasteiger partial charge is 0.390 e. The summed E-state index contributed by atoms with van der Waals surface area (Å²) in [4.78, 5) is 13.4. The number of hydrogen-bond acceptors (Lipinski definition) is 7. The van der Waals surface area contributed by atoms with Crippen LogP contribution in [0.1, 0.15) is 44.0 Å². The standard InChI is InChI=1S/C19H28FN7O/c1-4-12-8-14(9-13-5-6-27(12)13)26(3)19-21-15(10-28)17(20)18(23-19)22-16-7-11(2)24-25-16/h7,12-14,28H,4-6,8-10H2,1-3H3,(H2,21,22,23,24,25). The Hall–Kier alpha value is -2.26. The molecule has 4 rings (SSSR count). The van der Waals surface area contributed by atoms with Gasteiger partial charge in [-0.1, -0.05) is 6.92 Å². The molecule has 0 saturated carbocycles. The fourth-order valence-corrected chi connectivity index (χ4v) is 4.36. The maximum atomic E-state index is 14.7. The van der Waals surface area contributed by atoms with Crippen LogP contribution in [0.2, 0.25) is 0 Å². The van der Waals surface area contributed by atoms with E-state index in [-0.39, 0.29) is 11.5 Å². The lowest BCUT2D eigenvalue weighted by molar-refractivity contribution is -0.00728. The Morgan fingerprint density at radius 2 is 2.21 bits per heavy atom. The van der Waals surface area contributed by atoms with Crippen molar-refractivity contribution < 1.29 is 9.50 Å². The number of hydrogen-bond donors (Lipinski definition) is 3. The molecule has 4 heterocycles. The number of nitrogens with one attached hydrogen (secondary N) is 2. The number of aliphatic hydroxyl groups excluding tert-OH is 1. The maximum Gasteiger partial charge on any atom is 0.227 e. The number of anilines is 3. The second-order valence-electron chi connectivity index (χ2n) is 7.83. The highest BCUT2D eigenvalue weighted by Crippen LogP contribution is 2.36. The summed E-state index contributed by atoms with van der Waals surface area (Å²) in [5, 5.41) is 19.4. The van der Waals surface area contributed by atoms with Gasteiger partial charge in [-0.25, -0.2) is 9.37 Å². The minimum atomic E-state index is -0.652. The van der Waals surface area contributed by atoms with E-state index in [1.54, 1.807) is 6.07 Å². The monoisotopic (exact) mass is 389 g/mol. The lowest BCUT2D eigenvalue weighted by atomic mass is 9.82. The Bertz CT molecular complexity index is 842. The van der Waals surface area contributed by atoms with E-state index in [1.807, 2.05) is 18.9 Å². The van der Waals surface area contributed by atoms with E-state index in [0.29, 0.717) is 29.9 Å². The van der Waals surface area contributed by atoms with E-state index < -0.39 is 12.4 Å². The molecule has 2 saturated heterocycles. The van der Waals surface area contributed by atoms with Crippen molar-refractivity contribution in [3.63, 3.8) is 0 Å². The molecule has 0 spiro atoms. The van der Waals surface area contributed by atoms with E-state index in [1.165, 1.54) is 13.0 Å². The molecule has 0 bridgehead atoms. The molecule has 0 aliphatic carbocycles. The second-order valence-corrected chi connectivity index (χ2v) is 7.83. The van der Waals surface area contributed by atoms with Gasteiger partial charge in [-0.2, -0.15) is 10.1 Å². The van der Waals surface area contributed by atoms with Crippen LogP contribution < -0.4 is 10.2 Å². The molecular formula is C19H28FN7O. The molecule has 28 heavy (non-hydrogen) atoms. The summed E-state index contributed by atoms with van der Waals surface area (Å²) in [5.41, 5.74) is 0.842. The van der Waals surface area contributed by atoms with E-state index in [4.69, 9.17) is 0 Å². The average Bonchev–Trinajstić information content (AvgIpc) is 3.08. The smallest absolute Gasteiger partial charge is 0.227 e. The summed E-state index contributed by atoms with van der Waals surface area (Å²) in [7, 11) is 1.96. The summed E-state index contributed by atoms with van der Waals surface area (Å²) in [6, 6.07) is 3.25. The van der Waals surface area contributed by atoms with Gasteiger partial charge in [0.25, 0.3) is 0 Å². The third-order valence-corrected chi connectivity index (χ3v) is 6.09. The van der Waals surface area contributed by atoms with Crippen LogP contribution in [0.25, 0.3) is 0 Å². The zero-order chi connectivity index (χ0) is 19.8. The molecule has 0 amide bonds. The van der Waals surface area contributed by atoms with Crippen LogP contribution in [-0.2, 0) is 6.61 Å². The number of aromatic nitrogens is 4. The second kappa shape index (κ2) is 7.63. The number of fused-ring (bicyclic) bond motifs is 1. The molecule has 2 fully saturated rings. The van der Waals surface area contributed by atoms with Gasteiger partial charge in [0, 0.05) is 43.5 Å². The highest BCUT2D eigenvalue weighted by Gasteiger charge is 2.41. The zero-order valence-corrected chi connectivity index (χ0v) is 16.6. The van der Waals surface area contributed by atoms with Crippen molar-refractivity contribution in [3.8, 4) is 0 Å². The lowest BCUT2D eigenvalue weighted by Crippen LogP contribution is -2.61. The fourth-order valence-electron chi connectivity index (χ4n) is 4.36. The molecule has 2 aromatic rings. The molecule has 8 nitrogen and oxygen atoms in total. The van der Waals surface area contributed by atoms with Crippen LogP contribution in [0, 0.1) is 12.7 Å². The Labute approximate surface area is 164 Å². The molecule has 152 valence electrons. The van der Waals surface area contributed by atoms with Crippen LogP contribution in [-0.4, -0.2) is 61.9 Å². The van der Waals surface area contributed by atoms with Gasteiger partial charge in [0.2, 0.25) is 5.95 Å². The summed E-state index contributed by atoms with van der Waals surface area (Å²) in [5.74, 6) is 0.273. The number of halogens is 1. The van der Waals surface area contributed by atoms with Crippen molar-refractivity contribution in [1.82, 2.24) is 25.1 Å². The number of piperidine rings is 1. The lowest BCUT2D eigenvalue weighted by Gasteiger charge is -2.53. The minimum absolute atomic E-state index is 0.0141. The highest BCUT2D eigenvalue weighted by atomic mass is 19.1. The molecule has 0 aromatic carbocycles. The number of aryl methyl sites for hydroxylation is 1. The summed E-state index contributed by atoms with van der Waals surface area (Å²) in [6.45, 7) is 4.80. The summed E-state index contributed by atoms with van der Waals surface area (Å²) < 4.78 is 14.7. The molecule has 3 N–H and O–H groups in total. The molecule has 9 heteroatoms. The molecule has 0 radical (unpaired) electrons. The topological polar surface area (TPSA) is 93.2 Å². The van der Waals surface area contributed by atoms with Crippen molar-refractivity contribution in [2.24, 2.45) is 0 Å². The predicted molar refractivity (Wildman–Crippen MR) is 105 cm³/mol. The van der Waals surface area contributed by atoms with Gasteiger partial charge in [0.1, 0.15) is 5.69 Å². The van der Waals surface area contributed by atoms with Crippen molar-refractivity contribution in [1.29, 1.82) is 0 Å². The third-order valence-electron chi connectivity index (χ3n) is 6.09. The predicted octanol–water partition coefficient (Wildman–Crippen LogP) is 2.33. The van der Waals surface area contributed by atoms with Gasteiger partial charge in [0.05, 0.1) is 6.61 Å². The van der Waals surface area contributed by atoms with Gasteiger partial charge in [-0.05, 0) is 32.6 Å². The summed E-state index contributed by atoms with van der Waals surface area (Å²) in [6.07, 6.45) is 4.46. The number of rotatable bonds is 6. The first-order chi connectivity index (χ1) is 13.5. The van der Waals surface area contributed by atoms with Gasteiger partial charge < -0.3 is 15.3 Å². The molecule has 3 atom stereocenters. The molecule has 2 aliphatic heterocycles. The van der Waals surface area contributed by atoms with Gasteiger partial charge in [-0.3, -0.25) is 10.00 Å². The number of H-pyrrole nitrogens is 1. The quantitative estimate of drug-likeness (QED) is 0.698. The molecule has 3 unspecified atom stereocenters. The minimum Gasteiger partial charge on any atom is -0.390 e. The van der Waals surface area contributed by atoms with Crippen molar-refractivity contribution in [3.05, 3.63) is 23.3 Å². The van der Waals surface area contributed by atoms with Gasteiger partial charge >= 0.3 is 0 Å². The fraction of sp³-hybridized carbons (Fsp3) is 0.632. The van der Waals surface area contributed by atoms with E-state index in [2.05, 4.69) is 37.3 Å². The van der Waals surface area contributed by atoms with Crippen molar-refractivity contribution in [2.75, 3.05) is 23.8 Å². The Kier molecular flexibility index (Phi) is 5.20. The third kappa shape index (κ3) is 3.44. The maximum absolute atomic E-state index is 14.7. The zero-order valence-electron chi connectivity index (χ0n) is 16.6. The van der Waals surface area contributed by atoms with Crippen molar-refractivity contribution >= 4 is 17.6 Å². The first kappa shape index (κ1) is 19.1. The average molecular weight is 389 g/mol. The highest BCUT2D eigenvalue weighted by molar-refractivity contribution is 5.55. The summed E-state index contributed by atoms with van der Waals surface area (Å²) >= 11 is 0. The van der Waals surface area contributed by atoms with Crippen molar-refractivity contribution in [2.45, 2.75) is 64.3 Å². The first-order valence-electron chi connectivity index (χ1n) is 9.95. The van der Waals surface area contributed by atoms with E-state index in [9.17, 15) is 9.50 Å². The van der Waals surface area contributed by atoms with Gasteiger partial charge in [-0.15, -0.1) is 0 Å². The van der Waals surface area contributed by atoms with Gasteiger partial charge in [0.15, 0.2) is 17.5 Å².